The molecule has 3 aromatic rings. The smallest absolute Gasteiger partial charge is 0.291 e. The highest BCUT2D eigenvalue weighted by Crippen LogP contribution is 2.28. The molecule has 0 fully saturated rings. The number of hydrogen-bond donors (Lipinski definition) is 3. The maximum atomic E-state index is 12.8. The zero-order chi connectivity index (χ0) is 25.4. The van der Waals surface area contributed by atoms with Crippen LogP contribution in [0.1, 0.15) is 29.3 Å². The van der Waals surface area contributed by atoms with Crippen LogP contribution in [0.25, 0.3) is 0 Å². The van der Waals surface area contributed by atoms with E-state index in [4.69, 9.17) is 9.47 Å². The SMILES string of the molecule is CCC(=O)Nc1nnc(S(=O)(=O)Nc2ccccc2C(=O)NCCc2ccc(OC)c(OC)c2)s1. The Bertz CT molecular complexity index is 1310. The molecule has 35 heavy (non-hydrogen) atoms. The van der Waals surface area contributed by atoms with Crippen molar-refractivity contribution in [1.82, 2.24) is 15.5 Å². The van der Waals surface area contributed by atoms with Gasteiger partial charge in [0.25, 0.3) is 20.3 Å². The van der Waals surface area contributed by atoms with E-state index in [1.54, 1.807) is 39.3 Å². The highest BCUT2D eigenvalue weighted by molar-refractivity contribution is 7.94. The zero-order valence-corrected chi connectivity index (χ0v) is 21.0. The lowest BCUT2D eigenvalue weighted by atomic mass is 10.1. The average Bonchev–Trinajstić information content (AvgIpc) is 3.33. The van der Waals surface area contributed by atoms with Gasteiger partial charge in [-0.05, 0) is 36.2 Å². The van der Waals surface area contributed by atoms with Crippen LogP contribution >= 0.6 is 11.3 Å². The molecule has 0 bridgehead atoms. The molecule has 0 aliphatic heterocycles. The van der Waals surface area contributed by atoms with Gasteiger partial charge in [-0.25, -0.2) is 0 Å². The van der Waals surface area contributed by atoms with Crippen LogP contribution in [-0.2, 0) is 21.2 Å². The Kier molecular flexibility index (Phi) is 8.60. The summed E-state index contributed by atoms with van der Waals surface area (Å²) in [7, 11) is -1.03. The van der Waals surface area contributed by atoms with Crippen molar-refractivity contribution in [3.63, 3.8) is 0 Å². The number of nitrogens with zero attached hydrogens (tertiary/aromatic N) is 2. The van der Waals surface area contributed by atoms with Crippen LogP contribution in [0.3, 0.4) is 0 Å². The van der Waals surface area contributed by atoms with Gasteiger partial charge in [0.2, 0.25) is 11.0 Å². The number of carbonyl (C=O) groups excluding carboxylic acids is 2. The zero-order valence-electron chi connectivity index (χ0n) is 19.3. The first-order chi connectivity index (χ1) is 16.8. The third-order valence-corrected chi connectivity index (χ3v) is 7.34. The van der Waals surface area contributed by atoms with Gasteiger partial charge in [0.15, 0.2) is 11.5 Å². The summed E-state index contributed by atoms with van der Waals surface area (Å²) in [6.45, 7) is 1.97. The number of hydrogen-bond acceptors (Lipinski definition) is 9. The Morgan fingerprint density at radius 2 is 1.77 bits per heavy atom. The number of aromatic nitrogens is 2. The maximum absolute atomic E-state index is 12.8. The third-order valence-electron chi connectivity index (χ3n) is 4.77. The number of amides is 2. The molecule has 0 aliphatic carbocycles. The molecule has 2 aromatic carbocycles. The van der Waals surface area contributed by atoms with Gasteiger partial charge in [0.1, 0.15) is 0 Å². The molecule has 13 heteroatoms. The van der Waals surface area contributed by atoms with E-state index in [1.807, 2.05) is 12.1 Å². The summed E-state index contributed by atoms with van der Waals surface area (Å²) in [5, 5.41) is 12.6. The predicted molar refractivity (Wildman–Crippen MR) is 132 cm³/mol. The fourth-order valence-electron chi connectivity index (χ4n) is 2.99. The van der Waals surface area contributed by atoms with Crippen LogP contribution in [0.5, 0.6) is 11.5 Å². The van der Waals surface area contributed by atoms with Crippen LogP contribution in [-0.4, -0.2) is 51.2 Å². The molecule has 1 heterocycles. The molecule has 1 aromatic heterocycles. The van der Waals surface area contributed by atoms with Gasteiger partial charge in [-0.3, -0.25) is 14.3 Å². The second kappa shape index (κ2) is 11.6. The number of carbonyl (C=O) groups is 2. The number of benzene rings is 2. The number of ether oxygens (including phenoxy) is 2. The second-order valence-corrected chi connectivity index (χ2v) is 9.95. The first kappa shape index (κ1) is 25.9. The van der Waals surface area contributed by atoms with Gasteiger partial charge < -0.3 is 20.1 Å². The normalized spacial score (nSPS) is 10.9. The van der Waals surface area contributed by atoms with Crippen molar-refractivity contribution in [2.45, 2.75) is 24.1 Å². The van der Waals surface area contributed by atoms with E-state index in [2.05, 4.69) is 25.6 Å². The number of nitrogens with one attached hydrogen (secondary N) is 3. The van der Waals surface area contributed by atoms with Gasteiger partial charge in [-0.15, -0.1) is 10.2 Å². The summed E-state index contributed by atoms with van der Waals surface area (Å²) in [5.74, 6) is 0.437. The van der Waals surface area contributed by atoms with E-state index in [0.29, 0.717) is 35.8 Å². The molecule has 0 aliphatic rings. The molecule has 186 valence electrons. The summed E-state index contributed by atoms with van der Waals surface area (Å²) >= 11 is 0.710. The maximum Gasteiger partial charge on any atom is 0.291 e. The van der Waals surface area contributed by atoms with Crippen LogP contribution < -0.4 is 24.8 Å². The molecule has 0 saturated heterocycles. The number of methoxy groups -OCH3 is 2. The fraction of sp³-hybridized carbons (Fsp3) is 0.273. The molecule has 11 nitrogen and oxygen atoms in total. The van der Waals surface area contributed by atoms with E-state index in [-0.39, 0.29) is 33.1 Å². The molecule has 0 radical (unpaired) electrons. The summed E-state index contributed by atoms with van der Waals surface area (Å²) in [6, 6.07) is 11.7. The molecular weight excluding hydrogens is 494 g/mol. The molecule has 0 saturated carbocycles. The van der Waals surface area contributed by atoms with Gasteiger partial charge in [0.05, 0.1) is 25.5 Å². The van der Waals surface area contributed by atoms with Gasteiger partial charge in [0, 0.05) is 13.0 Å². The summed E-state index contributed by atoms with van der Waals surface area (Å²) in [4.78, 5) is 24.3. The summed E-state index contributed by atoms with van der Waals surface area (Å²) in [6.07, 6.45) is 0.742. The summed E-state index contributed by atoms with van der Waals surface area (Å²) in [5.41, 5.74) is 1.16. The molecule has 3 N–H and O–H groups in total. The van der Waals surface area contributed by atoms with Crippen molar-refractivity contribution < 1.29 is 27.5 Å². The van der Waals surface area contributed by atoms with Gasteiger partial charge in [-0.2, -0.15) is 8.42 Å². The van der Waals surface area contributed by atoms with Crippen molar-refractivity contribution in [3.05, 3.63) is 53.6 Å². The minimum absolute atomic E-state index is 0.0680. The monoisotopic (exact) mass is 519 g/mol. The van der Waals surface area contributed by atoms with Crippen molar-refractivity contribution in [1.29, 1.82) is 0 Å². The lowest BCUT2D eigenvalue weighted by molar-refractivity contribution is -0.115. The minimum Gasteiger partial charge on any atom is -0.493 e. The Morgan fingerprint density at radius 1 is 1.03 bits per heavy atom. The standard InChI is InChI=1S/C22H25N5O6S2/c1-4-19(28)24-21-25-26-22(34-21)35(30,31)27-16-8-6-5-7-15(16)20(29)23-12-11-14-9-10-17(32-2)18(13-14)33-3/h5-10,13,27H,4,11-12H2,1-3H3,(H,23,29)(H,24,25,28). The molecule has 3 rings (SSSR count). The Hall–Kier alpha value is -3.71. The first-order valence-electron chi connectivity index (χ1n) is 10.5. The Labute approximate surface area is 206 Å². The fourth-order valence-corrected chi connectivity index (χ4v) is 4.98. The third kappa shape index (κ3) is 6.67. The summed E-state index contributed by atoms with van der Waals surface area (Å²) < 4.78 is 38.1. The lowest BCUT2D eigenvalue weighted by Crippen LogP contribution is -2.27. The minimum atomic E-state index is -4.13. The number of para-hydroxylation sites is 1. The van der Waals surface area contributed by atoms with E-state index in [1.165, 1.54) is 12.1 Å². The molecule has 2 amide bonds. The predicted octanol–water partition coefficient (Wildman–Crippen LogP) is 2.68. The highest BCUT2D eigenvalue weighted by Gasteiger charge is 2.23. The van der Waals surface area contributed by atoms with Gasteiger partial charge in [-0.1, -0.05) is 36.5 Å². The molecule has 0 spiro atoms. The molecular formula is C22H25N5O6S2. The van der Waals surface area contributed by atoms with Crippen LogP contribution in [0.2, 0.25) is 0 Å². The molecule has 0 atom stereocenters. The number of rotatable bonds is 11. The quantitative estimate of drug-likeness (QED) is 0.328. The Balaban J connectivity index is 1.67. The van der Waals surface area contributed by atoms with Crippen molar-refractivity contribution >= 4 is 44.0 Å². The van der Waals surface area contributed by atoms with Crippen molar-refractivity contribution in [2.24, 2.45) is 0 Å². The average molecular weight is 520 g/mol. The first-order valence-corrected chi connectivity index (χ1v) is 12.8. The van der Waals surface area contributed by atoms with Crippen LogP contribution in [0.15, 0.2) is 46.8 Å². The lowest BCUT2D eigenvalue weighted by Gasteiger charge is -2.12. The van der Waals surface area contributed by atoms with Gasteiger partial charge >= 0.3 is 0 Å². The van der Waals surface area contributed by atoms with E-state index in [9.17, 15) is 18.0 Å². The van der Waals surface area contributed by atoms with E-state index in [0.717, 1.165) is 5.56 Å². The van der Waals surface area contributed by atoms with E-state index >= 15 is 0 Å². The topological polar surface area (TPSA) is 149 Å². The van der Waals surface area contributed by atoms with Crippen LogP contribution in [0, 0.1) is 0 Å². The second-order valence-electron chi connectivity index (χ2n) is 7.12. The largest absolute Gasteiger partial charge is 0.493 e. The number of anilines is 2. The van der Waals surface area contributed by atoms with E-state index < -0.39 is 15.9 Å². The van der Waals surface area contributed by atoms with Crippen LogP contribution in [0.4, 0.5) is 10.8 Å². The highest BCUT2D eigenvalue weighted by atomic mass is 32.2. The number of sulfonamides is 1. The van der Waals surface area contributed by atoms with Crippen molar-refractivity contribution in [2.75, 3.05) is 30.8 Å². The molecule has 0 unspecified atom stereocenters. The van der Waals surface area contributed by atoms with Crippen molar-refractivity contribution in [3.8, 4) is 11.5 Å². The Morgan fingerprint density at radius 3 is 2.49 bits per heavy atom.